The molecule has 3 rings (SSSR count). The molecular formula is C19H30N2. The van der Waals surface area contributed by atoms with Gasteiger partial charge in [0.25, 0.3) is 0 Å². The van der Waals surface area contributed by atoms with Crippen molar-refractivity contribution in [2.24, 2.45) is 5.92 Å². The zero-order valence-corrected chi connectivity index (χ0v) is 13.9. The van der Waals surface area contributed by atoms with Crippen molar-refractivity contribution >= 4 is 0 Å². The van der Waals surface area contributed by atoms with Gasteiger partial charge in [0, 0.05) is 12.1 Å². The minimum absolute atomic E-state index is 0.619. The molecule has 1 aromatic carbocycles. The van der Waals surface area contributed by atoms with Crippen LogP contribution in [0.3, 0.4) is 0 Å². The predicted octanol–water partition coefficient (Wildman–Crippen LogP) is 3.83. The van der Waals surface area contributed by atoms with Crippen LogP contribution in [0.25, 0.3) is 0 Å². The summed E-state index contributed by atoms with van der Waals surface area (Å²) in [5.41, 5.74) is 4.44. The lowest BCUT2D eigenvalue weighted by molar-refractivity contribution is 0.145. The van der Waals surface area contributed by atoms with Gasteiger partial charge in [0.05, 0.1) is 0 Å². The second-order valence-corrected chi connectivity index (χ2v) is 7.09. The SMILES string of the molecule is CNCC1CCCCN(C2CC2)C1c1ccc(C)cc1C. The molecule has 116 valence electrons. The summed E-state index contributed by atoms with van der Waals surface area (Å²) < 4.78 is 0. The number of nitrogens with one attached hydrogen (secondary N) is 1. The molecule has 2 heteroatoms. The van der Waals surface area contributed by atoms with Crippen molar-refractivity contribution in [3.8, 4) is 0 Å². The minimum Gasteiger partial charge on any atom is -0.319 e. The maximum Gasteiger partial charge on any atom is 0.0393 e. The first kappa shape index (κ1) is 15.1. The van der Waals surface area contributed by atoms with Crippen LogP contribution >= 0.6 is 0 Å². The van der Waals surface area contributed by atoms with Crippen LogP contribution in [0.1, 0.15) is 54.8 Å². The van der Waals surface area contributed by atoms with Crippen LogP contribution in [0.4, 0.5) is 0 Å². The number of rotatable bonds is 4. The van der Waals surface area contributed by atoms with Crippen molar-refractivity contribution < 1.29 is 0 Å². The molecule has 2 unspecified atom stereocenters. The standard InChI is InChI=1S/C19H30N2/c1-14-7-10-18(15(2)12-14)19-16(13-20-3)6-4-5-11-21(19)17-8-9-17/h7,10,12,16-17,19-20H,4-6,8-9,11,13H2,1-3H3. The average molecular weight is 286 g/mol. The second kappa shape index (κ2) is 6.50. The lowest BCUT2D eigenvalue weighted by Crippen LogP contribution is -2.38. The molecule has 0 bridgehead atoms. The van der Waals surface area contributed by atoms with Crippen LogP contribution in [0.2, 0.25) is 0 Å². The largest absolute Gasteiger partial charge is 0.319 e. The van der Waals surface area contributed by atoms with Crippen LogP contribution in [-0.2, 0) is 0 Å². The zero-order chi connectivity index (χ0) is 14.8. The van der Waals surface area contributed by atoms with Gasteiger partial charge in [-0.15, -0.1) is 0 Å². The van der Waals surface area contributed by atoms with Gasteiger partial charge in [-0.25, -0.2) is 0 Å². The van der Waals surface area contributed by atoms with Crippen molar-refractivity contribution in [2.45, 2.75) is 58.0 Å². The average Bonchev–Trinajstić information content (AvgIpc) is 3.26. The highest BCUT2D eigenvalue weighted by molar-refractivity contribution is 5.34. The third-order valence-corrected chi connectivity index (χ3v) is 5.27. The molecule has 1 aromatic rings. The Bertz CT molecular complexity index is 478. The van der Waals surface area contributed by atoms with E-state index >= 15 is 0 Å². The summed E-state index contributed by atoms with van der Waals surface area (Å²) in [5.74, 6) is 0.750. The quantitative estimate of drug-likeness (QED) is 0.905. The summed E-state index contributed by atoms with van der Waals surface area (Å²) in [7, 11) is 2.10. The Kier molecular flexibility index (Phi) is 4.66. The number of hydrogen-bond donors (Lipinski definition) is 1. The van der Waals surface area contributed by atoms with Crippen molar-refractivity contribution in [3.63, 3.8) is 0 Å². The van der Waals surface area contributed by atoms with Crippen molar-refractivity contribution in [3.05, 3.63) is 34.9 Å². The first-order valence-electron chi connectivity index (χ1n) is 8.68. The van der Waals surface area contributed by atoms with Crippen LogP contribution in [0, 0.1) is 19.8 Å². The van der Waals surface area contributed by atoms with E-state index in [2.05, 4.69) is 49.3 Å². The third-order valence-electron chi connectivity index (χ3n) is 5.27. The fraction of sp³-hybridized carbons (Fsp3) is 0.684. The van der Waals surface area contributed by atoms with Gasteiger partial charge in [-0.3, -0.25) is 4.90 Å². The van der Waals surface area contributed by atoms with Gasteiger partial charge in [-0.1, -0.05) is 30.2 Å². The van der Waals surface area contributed by atoms with Crippen LogP contribution in [0.15, 0.2) is 18.2 Å². The van der Waals surface area contributed by atoms with E-state index in [1.807, 2.05) is 0 Å². The molecule has 0 aromatic heterocycles. The minimum atomic E-state index is 0.619. The zero-order valence-electron chi connectivity index (χ0n) is 13.9. The van der Waals surface area contributed by atoms with E-state index in [9.17, 15) is 0 Å². The summed E-state index contributed by atoms with van der Waals surface area (Å²) in [4.78, 5) is 2.84. The van der Waals surface area contributed by atoms with Gasteiger partial charge in [-0.05, 0) is 76.7 Å². The van der Waals surface area contributed by atoms with Crippen LogP contribution in [0.5, 0.6) is 0 Å². The Morgan fingerprint density at radius 3 is 2.62 bits per heavy atom. The second-order valence-electron chi connectivity index (χ2n) is 7.09. The third kappa shape index (κ3) is 3.32. The molecule has 1 saturated carbocycles. The molecule has 2 nitrogen and oxygen atoms in total. The van der Waals surface area contributed by atoms with Crippen molar-refractivity contribution in [1.29, 1.82) is 0 Å². The normalized spacial score (nSPS) is 27.6. The topological polar surface area (TPSA) is 15.3 Å². The van der Waals surface area contributed by atoms with E-state index in [1.165, 1.54) is 49.8 Å². The fourth-order valence-electron chi connectivity index (χ4n) is 4.15. The Hall–Kier alpha value is -0.860. The highest BCUT2D eigenvalue weighted by atomic mass is 15.2. The lowest BCUT2D eigenvalue weighted by Gasteiger charge is -2.36. The summed E-state index contributed by atoms with van der Waals surface area (Å²) >= 11 is 0. The molecule has 0 amide bonds. The monoisotopic (exact) mass is 286 g/mol. The lowest BCUT2D eigenvalue weighted by atomic mass is 9.86. The van der Waals surface area contributed by atoms with Crippen LogP contribution < -0.4 is 5.32 Å². The Balaban J connectivity index is 1.96. The molecule has 1 aliphatic carbocycles. The first-order valence-corrected chi connectivity index (χ1v) is 8.68. The van der Waals surface area contributed by atoms with Crippen LogP contribution in [-0.4, -0.2) is 31.1 Å². The van der Waals surface area contributed by atoms with Gasteiger partial charge in [-0.2, -0.15) is 0 Å². The van der Waals surface area contributed by atoms with E-state index in [4.69, 9.17) is 0 Å². The van der Waals surface area contributed by atoms with E-state index in [0.717, 1.165) is 18.5 Å². The van der Waals surface area contributed by atoms with Gasteiger partial charge in [0.15, 0.2) is 0 Å². The number of likely N-dealkylation sites (tertiary alicyclic amines) is 1. The molecule has 21 heavy (non-hydrogen) atoms. The van der Waals surface area contributed by atoms with E-state index in [1.54, 1.807) is 5.56 Å². The number of nitrogens with zero attached hydrogens (tertiary/aromatic N) is 1. The van der Waals surface area contributed by atoms with Gasteiger partial charge >= 0.3 is 0 Å². The fourth-order valence-corrected chi connectivity index (χ4v) is 4.15. The van der Waals surface area contributed by atoms with Gasteiger partial charge in [0.1, 0.15) is 0 Å². The highest BCUT2D eigenvalue weighted by Crippen LogP contribution is 2.42. The van der Waals surface area contributed by atoms with Gasteiger partial charge in [0.2, 0.25) is 0 Å². The maximum absolute atomic E-state index is 3.45. The molecule has 1 heterocycles. The summed E-state index contributed by atoms with van der Waals surface area (Å²) in [5, 5.41) is 3.45. The molecule has 2 aliphatic rings. The Morgan fingerprint density at radius 2 is 1.95 bits per heavy atom. The summed E-state index contributed by atoms with van der Waals surface area (Å²) in [6.07, 6.45) is 6.94. The highest BCUT2D eigenvalue weighted by Gasteiger charge is 2.39. The molecule has 0 radical (unpaired) electrons. The molecule has 2 atom stereocenters. The van der Waals surface area contributed by atoms with E-state index in [0.29, 0.717) is 6.04 Å². The molecule has 2 fully saturated rings. The van der Waals surface area contributed by atoms with Crippen molar-refractivity contribution in [2.75, 3.05) is 20.1 Å². The van der Waals surface area contributed by atoms with Gasteiger partial charge < -0.3 is 5.32 Å². The predicted molar refractivity (Wildman–Crippen MR) is 89.7 cm³/mol. The number of aryl methyl sites for hydroxylation is 2. The number of benzene rings is 1. The molecule has 0 spiro atoms. The van der Waals surface area contributed by atoms with E-state index < -0.39 is 0 Å². The summed E-state index contributed by atoms with van der Waals surface area (Å²) in [6.45, 7) is 6.94. The molecule has 1 saturated heterocycles. The molecule has 1 N–H and O–H groups in total. The summed E-state index contributed by atoms with van der Waals surface area (Å²) in [6, 6.07) is 8.54. The first-order chi connectivity index (χ1) is 10.2. The Morgan fingerprint density at radius 1 is 1.14 bits per heavy atom. The smallest absolute Gasteiger partial charge is 0.0393 e. The van der Waals surface area contributed by atoms with E-state index in [-0.39, 0.29) is 0 Å². The molecule has 1 aliphatic heterocycles. The molecular weight excluding hydrogens is 256 g/mol. The van der Waals surface area contributed by atoms with Crippen molar-refractivity contribution in [1.82, 2.24) is 10.2 Å². The number of hydrogen-bond acceptors (Lipinski definition) is 2. The maximum atomic E-state index is 3.45. The Labute approximate surface area is 129 Å².